The van der Waals surface area contributed by atoms with Crippen molar-refractivity contribution in [2.24, 2.45) is 5.92 Å². The van der Waals surface area contributed by atoms with E-state index in [1.54, 1.807) is 0 Å². The average molecular weight is 365 g/mol. The highest BCUT2D eigenvalue weighted by Crippen LogP contribution is 2.44. The number of alkyl carbamates (subject to hydrolysis) is 1. The van der Waals surface area contributed by atoms with E-state index in [0.717, 1.165) is 25.7 Å². The zero-order valence-electron chi connectivity index (χ0n) is 15.6. The van der Waals surface area contributed by atoms with E-state index in [9.17, 15) is 9.90 Å². The van der Waals surface area contributed by atoms with Crippen molar-refractivity contribution >= 4 is 6.09 Å². The van der Waals surface area contributed by atoms with Crippen LogP contribution in [0.3, 0.4) is 0 Å². The number of carbonyl (C=O) groups excluding carboxylic acids is 1. The maximum absolute atomic E-state index is 12.4. The lowest BCUT2D eigenvalue weighted by Gasteiger charge is -2.31. The standard InChI is InChI=1S/C23H27NO3/c25-14-13-16-7-1-6-12-22(16)24-23(26)27-15-21-19-10-4-2-8-17(19)18-9-3-5-11-20(18)21/h2-5,8-11,16,21-22,25H,1,6-7,12-15H2,(H,24,26)/t16-,22-/m0/s1. The molecule has 4 heteroatoms. The zero-order chi connectivity index (χ0) is 18.6. The monoisotopic (exact) mass is 365 g/mol. The molecule has 4 nitrogen and oxygen atoms in total. The maximum Gasteiger partial charge on any atom is 0.407 e. The van der Waals surface area contributed by atoms with Crippen LogP contribution in [0.2, 0.25) is 0 Å². The first-order chi connectivity index (χ1) is 13.3. The summed E-state index contributed by atoms with van der Waals surface area (Å²) in [6.45, 7) is 0.519. The third-order valence-corrected chi connectivity index (χ3v) is 6.06. The molecule has 142 valence electrons. The number of hydrogen-bond acceptors (Lipinski definition) is 3. The molecule has 0 saturated heterocycles. The largest absolute Gasteiger partial charge is 0.449 e. The van der Waals surface area contributed by atoms with Crippen molar-refractivity contribution < 1.29 is 14.6 Å². The Morgan fingerprint density at radius 1 is 1.00 bits per heavy atom. The number of hydrogen-bond donors (Lipinski definition) is 2. The molecule has 2 aliphatic carbocycles. The van der Waals surface area contributed by atoms with Crippen molar-refractivity contribution in [2.75, 3.05) is 13.2 Å². The van der Waals surface area contributed by atoms with Crippen LogP contribution in [0.1, 0.15) is 49.1 Å². The summed E-state index contributed by atoms with van der Waals surface area (Å²) in [5.41, 5.74) is 4.92. The smallest absolute Gasteiger partial charge is 0.407 e. The number of benzene rings is 2. The van der Waals surface area contributed by atoms with Crippen LogP contribution in [0.15, 0.2) is 48.5 Å². The van der Waals surface area contributed by atoms with E-state index in [2.05, 4.69) is 41.7 Å². The molecule has 0 unspecified atom stereocenters. The molecular formula is C23H27NO3. The summed E-state index contributed by atoms with van der Waals surface area (Å²) in [5.74, 6) is 0.437. The molecule has 0 spiro atoms. The third-order valence-electron chi connectivity index (χ3n) is 6.06. The number of fused-ring (bicyclic) bond motifs is 3. The number of aliphatic hydroxyl groups excluding tert-OH is 1. The van der Waals surface area contributed by atoms with E-state index in [1.165, 1.54) is 28.7 Å². The molecule has 0 aromatic heterocycles. The summed E-state index contributed by atoms with van der Waals surface area (Å²) in [6.07, 6.45) is 4.73. The normalized spacial score (nSPS) is 21.4. The Kier molecular flexibility index (Phi) is 5.44. The van der Waals surface area contributed by atoms with Crippen LogP contribution in [0.4, 0.5) is 4.79 Å². The second-order valence-corrected chi connectivity index (χ2v) is 7.63. The molecule has 2 aliphatic rings. The Balaban J connectivity index is 1.42. The fourth-order valence-corrected chi connectivity index (χ4v) is 4.70. The van der Waals surface area contributed by atoms with Gasteiger partial charge in [-0.3, -0.25) is 0 Å². The Hall–Kier alpha value is -2.33. The molecule has 0 aliphatic heterocycles. The quantitative estimate of drug-likeness (QED) is 0.822. The maximum atomic E-state index is 12.4. The fourth-order valence-electron chi connectivity index (χ4n) is 4.70. The van der Waals surface area contributed by atoms with Gasteiger partial charge in [-0.2, -0.15) is 0 Å². The number of ether oxygens (including phenoxy) is 1. The molecule has 0 radical (unpaired) electrons. The molecule has 4 rings (SSSR count). The molecule has 1 amide bonds. The second-order valence-electron chi connectivity index (χ2n) is 7.63. The Labute approximate surface area is 160 Å². The zero-order valence-corrected chi connectivity index (χ0v) is 15.6. The predicted molar refractivity (Wildman–Crippen MR) is 106 cm³/mol. The summed E-state index contributed by atoms with van der Waals surface area (Å²) in [4.78, 5) is 12.4. The third kappa shape index (κ3) is 3.72. The lowest BCUT2D eigenvalue weighted by atomic mass is 9.83. The SMILES string of the molecule is O=C(N[C@H]1CCCC[C@H]1CCO)OCC1c2ccccc2-c2ccccc21. The minimum atomic E-state index is -0.341. The highest BCUT2D eigenvalue weighted by molar-refractivity contribution is 5.79. The lowest BCUT2D eigenvalue weighted by molar-refractivity contribution is 0.125. The van der Waals surface area contributed by atoms with E-state index in [1.807, 2.05) is 12.1 Å². The van der Waals surface area contributed by atoms with Crippen molar-refractivity contribution in [3.63, 3.8) is 0 Å². The molecule has 0 heterocycles. The van der Waals surface area contributed by atoms with Crippen molar-refractivity contribution in [1.29, 1.82) is 0 Å². The van der Waals surface area contributed by atoms with Crippen LogP contribution in [0.25, 0.3) is 11.1 Å². The van der Waals surface area contributed by atoms with Crippen LogP contribution in [-0.4, -0.2) is 30.5 Å². The van der Waals surface area contributed by atoms with Gasteiger partial charge in [0.15, 0.2) is 0 Å². The predicted octanol–water partition coefficient (Wildman–Crippen LogP) is 4.47. The Morgan fingerprint density at radius 3 is 2.30 bits per heavy atom. The van der Waals surface area contributed by atoms with Gasteiger partial charge in [-0.15, -0.1) is 0 Å². The average Bonchev–Trinajstić information content (AvgIpc) is 3.02. The topological polar surface area (TPSA) is 58.6 Å². The first-order valence-electron chi connectivity index (χ1n) is 10.0. The first kappa shape index (κ1) is 18.1. The molecular weight excluding hydrogens is 338 g/mol. The molecule has 1 fully saturated rings. The highest BCUT2D eigenvalue weighted by Gasteiger charge is 2.30. The van der Waals surface area contributed by atoms with E-state index in [-0.39, 0.29) is 24.7 Å². The minimum absolute atomic E-state index is 0.0859. The van der Waals surface area contributed by atoms with Gasteiger partial charge in [-0.25, -0.2) is 4.79 Å². The van der Waals surface area contributed by atoms with Gasteiger partial charge in [0.2, 0.25) is 0 Å². The van der Waals surface area contributed by atoms with Crippen LogP contribution in [0.5, 0.6) is 0 Å². The molecule has 2 atom stereocenters. The van der Waals surface area contributed by atoms with Gasteiger partial charge in [0.25, 0.3) is 0 Å². The van der Waals surface area contributed by atoms with Crippen LogP contribution >= 0.6 is 0 Å². The van der Waals surface area contributed by atoms with E-state index < -0.39 is 0 Å². The number of rotatable bonds is 5. The summed E-state index contributed by atoms with van der Waals surface area (Å²) in [6, 6.07) is 16.8. The molecule has 2 aromatic rings. The van der Waals surface area contributed by atoms with Gasteiger partial charge in [0.05, 0.1) is 0 Å². The Bertz CT molecular complexity index is 756. The van der Waals surface area contributed by atoms with Crippen molar-refractivity contribution in [2.45, 2.75) is 44.1 Å². The number of nitrogens with one attached hydrogen (secondary N) is 1. The minimum Gasteiger partial charge on any atom is -0.449 e. The lowest BCUT2D eigenvalue weighted by Crippen LogP contribution is -2.43. The van der Waals surface area contributed by atoms with Gasteiger partial charge in [-0.05, 0) is 47.4 Å². The number of amides is 1. The van der Waals surface area contributed by atoms with Crippen molar-refractivity contribution in [3.8, 4) is 11.1 Å². The van der Waals surface area contributed by atoms with Crippen molar-refractivity contribution in [3.05, 3.63) is 59.7 Å². The van der Waals surface area contributed by atoms with Gasteiger partial charge in [0, 0.05) is 18.6 Å². The van der Waals surface area contributed by atoms with Gasteiger partial charge in [-0.1, -0.05) is 61.4 Å². The number of aliphatic hydroxyl groups is 1. The summed E-state index contributed by atoms with van der Waals surface area (Å²) in [5, 5.41) is 12.3. The van der Waals surface area contributed by atoms with Gasteiger partial charge >= 0.3 is 6.09 Å². The summed E-state index contributed by atoms with van der Waals surface area (Å²) >= 11 is 0. The second kappa shape index (κ2) is 8.13. The van der Waals surface area contributed by atoms with E-state index >= 15 is 0 Å². The van der Waals surface area contributed by atoms with E-state index in [4.69, 9.17) is 4.74 Å². The summed E-state index contributed by atoms with van der Waals surface area (Å²) < 4.78 is 5.66. The number of carbonyl (C=O) groups is 1. The van der Waals surface area contributed by atoms with E-state index in [0.29, 0.717) is 12.5 Å². The first-order valence-corrected chi connectivity index (χ1v) is 10.0. The van der Waals surface area contributed by atoms with Crippen LogP contribution < -0.4 is 5.32 Å². The molecule has 0 bridgehead atoms. The van der Waals surface area contributed by atoms with Crippen LogP contribution in [-0.2, 0) is 4.74 Å². The highest BCUT2D eigenvalue weighted by atomic mass is 16.5. The molecule has 2 N–H and O–H groups in total. The molecule has 27 heavy (non-hydrogen) atoms. The Morgan fingerprint density at radius 2 is 1.63 bits per heavy atom. The fraction of sp³-hybridized carbons (Fsp3) is 0.435. The van der Waals surface area contributed by atoms with Gasteiger partial charge in [0.1, 0.15) is 6.61 Å². The molecule has 1 saturated carbocycles. The van der Waals surface area contributed by atoms with Crippen LogP contribution in [0, 0.1) is 5.92 Å². The molecule has 2 aromatic carbocycles. The van der Waals surface area contributed by atoms with Crippen molar-refractivity contribution in [1.82, 2.24) is 5.32 Å². The summed E-state index contributed by atoms with van der Waals surface area (Å²) in [7, 11) is 0. The van der Waals surface area contributed by atoms with Gasteiger partial charge < -0.3 is 15.2 Å².